The molecule has 0 atom stereocenters. The average molecular weight is 422 g/mol. The van der Waals surface area contributed by atoms with Crippen LogP contribution in [0.3, 0.4) is 0 Å². The van der Waals surface area contributed by atoms with Gasteiger partial charge in [-0.25, -0.2) is 4.63 Å². The van der Waals surface area contributed by atoms with E-state index in [0.29, 0.717) is 31.2 Å². The third-order valence-corrected chi connectivity index (χ3v) is 5.36. The largest absolute Gasteiger partial charge is 0.485 e. The molecule has 8 nitrogen and oxygen atoms in total. The first kappa shape index (κ1) is 20.9. The standard InChI is InChI=1S/C23H26N4O4/c1-3-6-18-7-4-5-8-21(18)29-16-19-9-10-22(30-19)23(28)27-13-11-26(12-14-27)15-20-17(2)24-31-25-20/h3-5,7-10H,1,6,11-16H2,2H3. The normalized spacial score (nSPS) is 14.5. The van der Waals surface area contributed by atoms with Gasteiger partial charge in [0.15, 0.2) is 5.76 Å². The van der Waals surface area contributed by atoms with Crippen LogP contribution in [0.2, 0.25) is 0 Å². The van der Waals surface area contributed by atoms with Gasteiger partial charge in [-0.3, -0.25) is 9.69 Å². The highest BCUT2D eigenvalue weighted by Crippen LogP contribution is 2.21. The first-order chi connectivity index (χ1) is 15.1. The molecule has 1 saturated heterocycles. The Kier molecular flexibility index (Phi) is 6.47. The molecule has 1 aliphatic heterocycles. The molecule has 0 unspecified atom stereocenters. The van der Waals surface area contributed by atoms with Crippen molar-refractivity contribution < 1.29 is 18.6 Å². The third kappa shape index (κ3) is 5.03. The molecule has 1 aliphatic rings. The number of rotatable bonds is 8. The van der Waals surface area contributed by atoms with Crippen molar-refractivity contribution in [1.29, 1.82) is 0 Å². The zero-order chi connectivity index (χ0) is 21.6. The molecule has 3 aromatic rings. The molecular formula is C23H26N4O4. The van der Waals surface area contributed by atoms with Crippen molar-refractivity contribution in [3.8, 4) is 5.75 Å². The number of hydrogen-bond acceptors (Lipinski definition) is 7. The summed E-state index contributed by atoms with van der Waals surface area (Å²) in [4.78, 5) is 16.9. The van der Waals surface area contributed by atoms with E-state index in [9.17, 15) is 4.79 Å². The van der Waals surface area contributed by atoms with E-state index in [1.54, 1.807) is 12.1 Å². The van der Waals surface area contributed by atoms with Crippen molar-refractivity contribution in [2.75, 3.05) is 26.2 Å². The van der Waals surface area contributed by atoms with E-state index in [1.807, 2.05) is 42.2 Å². The van der Waals surface area contributed by atoms with Crippen LogP contribution in [0, 0.1) is 6.92 Å². The van der Waals surface area contributed by atoms with Gasteiger partial charge in [-0.05, 0) is 37.1 Å². The summed E-state index contributed by atoms with van der Waals surface area (Å²) in [6.07, 6.45) is 2.58. The number of para-hydroxylation sites is 1. The van der Waals surface area contributed by atoms with Gasteiger partial charge in [-0.2, -0.15) is 0 Å². The summed E-state index contributed by atoms with van der Waals surface area (Å²) in [5.74, 6) is 1.64. The molecule has 1 amide bonds. The van der Waals surface area contributed by atoms with Crippen LogP contribution in [0.4, 0.5) is 0 Å². The van der Waals surface area contributed by atoms with Gasteiger partial charge in [0.05, 0.1) is 0 Å². The van der Waals surface area contributed by atoms with Gasteiger partial charge in [0.2, 0.25) is 0 Å². The molecule has 0 N–H and O–H groups in total. The molecule has 0 spiro atoms. The third-order valence-electron chi connectivity index (χ3n) is 5.36. The number of hydrogen-bond donors (Lipinski definition) is 0. The van der Waals surface area contributed by atoms with Crippen molar-refractivity contribution in [3.05, 3.63) is 77.5 Å². The number of aromatic nitrogens is 2. The van der Waals surface area contributed by atoms with E-state index in [4.69, 9.17) is 13.8 Å². The fourth-order valence-corrected chi connectivity index (χ4v) is 3.56. The van der Waals surface area contributed by atoms with Crippen LogP contribution in [0.15, 0.2) is 58.1 Å². The SMILES string of the molecule is C=CCc1ccccc1OCc1ccc(C(=O)N2CCN(Cc3nonc3C)CC2)o1. The molecule has 2 aromatic heterocycles. The lowest BCUT2D eigenvalue weighted by Crippen LogP contribution is -2.48. The minimum Gasteiger partial charge on any atom is -0.485 e. The molecular weight excluding hydrogens is 396 g/mol. The summed E-state index contributed by atoms with van der Waals surface area (Å²) < 4.78 is 16.4. The number of amides is 1. The molecule has 31 heavy (non-hydrogen) atoms. The van der Waals surface area contributed by atoms with E-state index >= 15 is 0 Å². The second-order valence-corrected chi connectivity index (χ2v) is 7.52. The molecule has 162 valence electrons. The fraction of sp³-hybridized carbons (Fsp3) is 0.348. The number of aryl methyl sites for hydroxylation is 1. The van der Waals surface area contributed by atoms with Gasteiger partial charge in [-0.1, -0.05) is 34.6 Å². The molecule has 0 radical (unpaired) electrons. The Balaban J connectivity index is 1.30. The number of benzene rings is 1. The molecule has 1 fully saturated rings. The van der Waals surface area contributed by atoms with Crippen LogP contribution in [0.1, 0.15) is 33.3 Å². The summed E-state index contributed by atoms with van der Waals surface area (Å²) >= 11 is 0. The number of carbonyl (C=O) groups is 1. The van der Waals surface area contributed by atoms with Crippen molar-refractivity contribution >= 4 is 5.91 Å². The molecule has 8 heteroatoms. The highest BCUT2D eigenvalue weighted by Gasteiger charge is 2.25. The summed E-state index contributed by atoms with van der Waals surface area (Å²) in [7, 11) is 0. The lowest BCUT2D eigenvalue weighted by molar-refractivity contribution is 0.0591. The molecule has 0 saturated carbocycles. The summed E-state index contributed by atoms with van der Waals surface area (Å²) in [6.45, 7) is 9.37. The second-order valence-electron chi connectivity index (χ2n) is 7.52. The quantitative estimate of drug-likeness (QED) is 0.515. The molecule has 3 heterocycles. The topological polar surface area (TPSA) is 84.8 Å². The van der Waals surface area contributed by atoms with Crippen molar-refractivity contribution in [2.24, 2.45) is 0 Å². The number of allylic oxidation sites excluding steroid dienone is 1. The Morgan fingerprint density at radius 3 is 2.71 bits per heavy atom. The monoisotopic (exact) mass is 422 g/mol. The van der Waals surface area contributed by atoms with Gasteiger partial charge in [0, 0.05) is 32.7 Å². The second kappa shape index (κ2) is 9.61. The Hall–Kier alpha value is -3.39. The van der Waals surface area contributed by atoms with E-state index in [1.165, 1.54) is 0 Å². The van der Waals surface area contributed by atoms with Crippen LogP contribution in [-0.4, -0.2) is 52.2 Å². The van der Waals surface area contributed by atoms with Crippen molar-refractivity contribution in [3.63, 3.8) is 0 Å². The molecule has 0 aliphatic carbocycles. The zero-order valence-electron chi connectivity index (χ0n) is 17.6. The highest BCUT2D eigenvalue weighted by atomic mass is 16.6. The predicted octanol–water partition coefficient (Wildman–Crippen LogP) is 3.24. The van der Waals surface area contributed by atoms with Crippen LogP contribution in [0.25, 0.3) is 0 Å². The van der Waals surface area contributed by atoms with Crippen molar-refractivity contribution in [1.82, 2.24) is 20.1 Å². The van der Waals surface area contributed by atoms with Crippen LogP contribution < -0.4 is 4.74 Å². The number of piperazine rings is 1. The minimum atomic E-state index is -0.0998. The van der Waals surface area contributed by atoms with Gasteiger partial charge in [-0.15, -0.1) is 6.58 Å². The molecule has 0 bridgehead atoms. The molecule has 1 aromatic carbocycles. The van der Waals surface area contributed by atoms with Gasteiger partial charge < -0.3 is 14.1 Å². The van der Waals surface area contributed by atoms with Crippen LogP contribution >= 0.6 is 0 Å². The first-order valence-corrected chi connectivity index (χ1v) is 10.3. The van der Waals surface area contributed by atoms with E-state index in [-0.39, 0.29) is 12.5 Å². The Bertz CT molecular complexity index is 1030. The maximum atomic E-state index is 12.8. The van der Waals surface area contributed by atoms with Crippen molar-refractivity contribution in [2.45, 2.75) is 26.5 Å². The number of ether oxygens (including phenoxy) is 1. The van der Waals surface area contributed by atoms with Crippen LogP contribution in [0.5, 0.6) is 5.75 Å². The maximum Gasteiger partial charge on any atom is 0.289 e. The van der Waals surface area contributed by atoms with Crippen LogP contribution in [-0.2, 0) is 19.6 Å². The fourth-order valence-electron chi connectivity index (χ4n) is 3.56. The minimum absolute atomic E-state index is 0.0998. The summed E-state index contributed by atoms with van der Waals surface area (Å²) in [6, 6.07) is 11.3. The molecule has 4 rings (SSSR count). The average Bonchev–Trinajstić information content (AvgIpc) is 3.43. The highest BCUT2D eigenvalue weighted by molar-refractivity contribution is 5.91. The smallest absolute Gasteiger partial charge is 0.289 e. The Labute approximate surface area is 181 Å². The first-order valence-electron chi connectivity index (χ1n) is 10.3. The van der Waals surface area contributed by atoms with Gasteiger partial charge in [0.1, 0.15) is 29.5 Å². The van der Waals surface area contributed by atoms with E-state index in [2.05, 4.69) is 21.8 Å². The van der Waals surface area contributed by atoms with E-state index in [0.717, 1.165) is 42.2 Å². The lowest BCUT2D eigenvalue weighted by atomic mass is 10.1. The number of furan rings is 1. The lowest BCUT2D eigenvalue weighted by Gasteiger charge is -2.33. The number of carbonyl (C=O) groups excluding carboxylic acids is 1. The zero-order valence-corrected chi connectivity index (χ0v) is 17.6. The Morgan fingerprint density at radius 1 is 1.16 bits per heavy atom. The predicted molar refractivity (Wildman–Crippen MR) is 114 cm³/mol. The maximum absolute atomic E-state index is 12.8. The van der Waals surface area contributed by atoms with E-state index < -0.39 is 0 Å². The van der Waals surface area contributed by atoms with Gasteiger partial charge in [0.25, 0.3) is 5.91 Å². The summed E-state index contributed by atoms with van der Waals surface area (Å²) in [5.41, 5.74) is 2.70. The number of nitrogens with zero attached hydrogens (tertiary/aromatic N) is 4. The Morgan fingerprint density at radius 2 is 1.97 bits per heavy atom. The van der Waals surface area contributed by atoms with Gasteiger partial charge >= 0.3 is 0 Å². The summed E-state index contributed by atoms with van der Waals surface area (Å²) in [5, 5.41) is 7.74.